The Kier molecular flexibility index (Phi) is 3.99. The number of imide groups is 1. The Balaban J connectivity index is 1.40. The Morgan fingerprint density at radius 1 is 1.07 bits per heavy atom. The molecule has 1 unspecified atom stereocenters. The molecule has 136 valence electrons. The Morgan fingerprint density at radius 2 is 1.74 bits per heavy atom. The molecule has 0 spiro atoms. The van der Waals surface area contributed by atoms with E-state index in [0.717, 1.165) is 16.2 Å². The van der Waals surface area contributed by atoms with Crippen molar-refractivity contribution in [2.75, 3.05) is 17.2 Å². The van der Waals surface area contributed by atoms with Gasteiger partial charge in [0.05, 0.1) is 17.0 Å². The highest BCUT2D eigenvalue weighted by molar-refractivity contribution is 6.21. The van der Waals surface area contributed by atoms with Crippen molar-refractivity contribution in [1.82, 2.24) is 4.90 Å². The molecule has 0 aliphatic carbocycles. The minimum atomic E-state index is -0.376. The van der Waals surface area contributed by atoms with Crippen LogP contribution in [0.1, 0.15) is 45.5 Å². The molecular formula is C20H17N3O4. The topological polar surface area (TPSA) is 95.6 Å². The van der Waals surface area contributed by atoms with E-state index in [1.165, 1.54) is 0 Å². The lowest BCUT2D eigenvalue weighted by molar-refractivity contribution is -0.117. The molecule has 1 atom stereocenters. The number of carbonyl (C=O) groups is 4. The van der Waals surface area contributed by atoms with E-state index in [1.807, 2.05) is 0 Å². The van der Waals surface area contributed by atoms with Gasteiger partial charge in [-0.2, -0.15) is 0 Å². The second-order valence-electron chi connectivity index (χ2n) is 6.62. The van der Waals surface area contributed by atoms with Crippen LogP contribution in [0.3, 0.4) is 0 Å². The van der Waals surface area contributed by atoms with Gasteiger partial charge in [-0.05, 0) is 42.8 Å². The molecule has 7 heteroatoms. The lowest BCUT2D eigenvalue weighted by atomic mass is 10.0. The average Bonchev–Trinajstić information content (AvgIpc) is 3.08. The Labute approximate surface area is 155 Å². The minimum Gasteiger partial charge on any atom is -0.326 e. The van der Waals surface area contributed by atoms with E-state index in [-0.39, 0.29) is 42.5 Å². The summed E-state index contributed by atoms with van der Waals surface area (Å²) in [5.41, 5.74) is 2.89. The van der Waals surface area contributed by atoms with Crippen LogP contribution in [0.5, 0.6) is 0 Å². The number of nitrogens with zero attached hydrogens (tertiary/aromatic N) is 1. The fourth-order valence-corrected chi connectivity index (χ4v) is 3.37. The minimum absolute atomic E-state index is 0.00468. The predicted octanol–water partition coefficient (Wildman–Crippen LogP) is 2.37. The van der Waals surface area contributed by atoms with Crippen LogP contribution in [0.15, 0.2) is 42.5 Å². The number of amides is 4. The number of rotatable bonds is 4. The van der Waals surface area contributed by atoms with Gasteiger partial charge in [-0.1, -0.05) is 12.1 Å². The van der Waals surface area contributed by atoms with Crippen LogP contribution in [0.2, 0.25) is 0 Å². The number of carbonyl (C=O) groups excluding carboxylic acids is 4. The van der Waals surface area contributed by atoms with E-state index >= 15 is 0 Å². The summed E-state index contributed by atoms with van der Waals surface area (Å²) in [6.07, 6.45) is -0.00468. The van der Waals surface area contributed by atoms with Crippen LogP contribution < -0.4 is 10.6 Å². The SMILES string of the molecule is CC1C(=O)Nc2ccc(NC(=O)CCN3C(=O)c4ccccc4C3=O)cc21. The number of hydrogen-bond donors (Lipinski definition) is 2. The van der Waals surface area contributed by atoms with Crippen molar-refractivity contribution in [3.05, 3.63) is 59.2 Å². The Bertz CT molecular complexity index is 963. The molecule has 0 radical (unpaired) electrons. The number of nitrogens with one attached hydrogen (secondary N) is 2. The fraction of sp³-hybridized carbons (Fsp3) is 0.200. The largest absolute Gasteiger partial charge is 0.326 e. The van der Waals surface area contributed by atoms with E-state index in [4.69, 9.17) is 0 Å². The van der Waals surface area contributed by atoms with Gasteiger partial charge in [-0.3, -0.25) is 24.1 Å². The molecule has 0 saturated heterocycles. The maximum Gasteiger partial charge on any atom is 0.261 e. The number of fused-ring (bicyclic) bond motifs is 2. The van der Waals surface area contributed by atoms with Crippen LogP contribution in [0.25, 0.3) is 0 Å². The van der Waals surface area contributed by atoms with Gasteiger partial charge in [0.15, 0.2) is 0 Å². The van der Waals surface area contributed by atoms with Gasteiger partial charge in [-0.25, -0.2) is 0 Å². The summed E-state index contributed by atoms with van der Waals surface area (Å²) >= 11 is 0. The number of anilines is 2. The van der Waals surface area contributed by atoms with Gasteiger partial charge in [0.25, 0.3) is 11.8 Å². The fourth-order valence-electron chi connectivity index (χ4n) is 3.37. The second-order valence-corrected chi connectivity index (χ2v) is 6.62. The molecule has 4 amide bonds. The molecule has 2 heterocycles. The van der Waals surface area contributed by atoms with Crippen molar-refractivity contribution in [3.63, 3.8) is 0 Å². The van der Waals surface area contributed by atoms with Crippen LogP contribution in [0.4, 0.5) is 11.4 Å². The van der Waals surface area contributed by atoms with Gasteiger partial charge in [0, 0.05) is 24.3 Å². The van der Waals surface area contributed by atoms with Gasteiger partial charge in [-0.15, -0.1) is 0 Å². The van der Waals surface area contributed by atoms with Gasteiger partial charge in [0.2, 0.25) is 11.8 Å². The summed E-state index contributed by atoms with van der Waals surface area (Å²) in [7, 11) is 0. The van der Waals surface area contributed by atoms with Crippen LogP contribution >= 0.6 is 0 Å². The van der Waals surface area contributed by atoms with Crippen LogP contribution in [-0.4, -0.2) is 35.1 Å². The molecule has 0 fully saturated rings. The highest BCUT2D eigenvalue weighted by Gasteiger charge is 2.35. The lowest BCUT2D eigenvalue weighted by Crippen LogP contribution is -2.32. The highest BCUT2D eigenvalue weighted by Crippen LogP contribution is 2.34. The molecule has 2 aromatic carbocycles. The Hall–Kier alpha value is -3.48. The molecule has 0 bridgehead atoms. The summed E-state index contributed by atoms with van der Waals surface area (Å²) in [6, 6.07) is 11.8. The summed E-state index contributed by atoms with van der Waals surface area (Å²) in [4.78, 5) is 49.7. The third-order valence-electron chi connectivity index (χ3n) is 4.89. The molecule has 2 N–H and O–H groups in total. The predicted molar refractivity (Wildman–Crippen MR) is 98.5 cm³/mol. The maximum atomic E-state index is 12.3. The standard InChI is InChI=1S/C20H17N3O4/c1-11-15-10-12(6-7-16(15)22-18(11)25)21-17(24)8-9-23-19(26)13-4-2-3-5-14(13)20(23)27/h2-7,10-11H,8-9H2,1H3,(H,21,24)(H,22,25). The first-order valence-electron chi connectivity index (χ1n) is 8.65. The van der Waals surface area contributed by atoms with Crippen molar-refractivity contribution < 1.29 is 19.2 Å². The maximum absolute atomic E-state index is 12.3. The van der Waals surface area contributed by atoms with Crippen molar-refractivity contribution >= 4 is 35.0 Å². The lowest BCUT2D eigenvalue weighted by Gasteiger charge is -2.14. The summed E-state index contributed by atoms with van der Waals surface area (Å²) in [6.45, 7) is 1.81. The van der Waals surface area contributed by atoms with Crippen molar-refractivity contribution in [3.8, 4) is 0 Å². The van der Waals surface area contributed by atoms with Crippen LogP contribution in [0, 0.1) is 0 Å². The second kappa shape index (κ2) is 6.35. The monoisotopic (exact) mass is 363 g/mol. The zero-order valence-corrected chi connectivity index (χ0v) is 14.6. The van der Waals surface area contributed by atoms with E-state index in [2.05, 4.69) is 10.6 Å². The molecule has 2 aromatic rings. The smallest absolute Gasteiger partial charge is 0.261 e. The van der Waals surface area contributed by atoms with E-state index in [1.54, 1.807) is 49.4 Å². The van der Waals surface area contributed by atoms with Crippen molar-refractivity contribution in [1.29, 1.82) is 0 Å². The summed E-state index contributed by atoms with van der Waals surface area (Å²) in [5, 5.41) is 5.53. The molecule has 2 aliphatic rings. The molecule has 7 nitrogen and oxygen atoms in total. The Morgan fingerprint density at radius 3 is 2.41 bits per heavy atom. The molecule has 4 rings (SSSR count). The average molecular weight is 363 g/mol. The summed E-state index contributed by atoms with van der Waals surface area (Å²) in [5.74, 6) is -1.40. The highest BCUT2D eigenvalue weighted by atomic mass is 16.2. The zero-order chi connectivity index (χ0) is 19.1. The zero-order valence-electron chi connectivity index (χ0n) is 14.6. The third-order valence-corrected chi connectivity index (χ3v) is 4.89. The first-order chi connectivity index (χ1) is 13.0. The quantitative estimate of drug-likeness (QED) is 0.815. The van der Waals surface area contributed by atoms with Crippen molar-refractivity contribution in [2.24, 2.45) is 0 Å². The van der Waals surface area contributed by atoms with Gasteiger partial charge in [0.1, 0.15) is 0 Å². The van der Waals surface area contributed by atoms with Crippen LogP contribution in [-0.2, 0) is 9.59 Å². The summed E-state index contributed by atoms with van der Waals surface area (Å²) < 4.78 is 0. The number of hydrogen-bond acceptors (Lipinski definition) is 4. The first-order valence-corrected chi connectivity index (χ1v) is 8.65. The van der Waals surface area contributed by atoms with E-state index in [0.29, 0.717) is 16.8 Å². The van der Waals surface area contributed by atoms with E-state index in [9.17, 15) is 19.2 Å². The molecule has 2 aliphatic heterocycles. The number of benzene rings is 2. The van der Waals surface area contributed by atoms with Crippen molar-refractivity contribution in [2.45, 2.75) is 19.3 Å². The normalized spacial score (nSPS) is 17.6. The molecule has 0 saturated carbocycles. The molecule has 0 aromatic heterocycles. The van der Waals surface area contributed by atoms with Gasteiger partial charge >= 0.3 is 0 Å². The first kappa shape index (κ1) is 17.0. The molecular weight excluding hydrogens is 346 g/mol. The van der Waals surface area contributed by atoms with Gasteiger partial charge < -0.3 is 10.6 Å². The molecule has 27 heavy (non-hydrogen) atoms. The van der Waals surface area contributed by atoms with E-state index < -0.39 is 0 Å². The third kappa shape index (κ3) is 2.87.